The van der Waals surface area contributed by atoms with Crippen LogP contribution in [0.2, 0.25) is 0 Å². The van der Waals surface area contributed by atoms with Crippen molar-refractivity contribution in [1.82, 2.24) is 14.7 Å². The summed E-state index contributed by atoms with van der Waals surface area (Å²) in [5, 5.41) is 0. The zero-order valence-corrected chi connectivity index (χ0v) is 13.3. The summed E-state index contributed by atoms with van der Waals surface area (Å²) in [6.07, 6.45) is 5.89. The van der Waals surface area contributed by atoms with E-state index in [1.54, 1.807) is 0 Å². The van der Waals surface area contributed by atoms with Gasteiger partial charge in [0.1, 0.15) is 0 Å². The molecule has 3 saturated heterocycles. The van der Waals surface area contributed by atoms with Crippen LogP contribution < -0.4 is 0 Å². The molecule has 0 aromatic carbocycles. The largest absolute Gasteiger partial charge is 0.303 e. The van der Waals surface area contributed by atoms with E-state index in [0.29, 0.717) is 0 Å². The molecule has 0 aromatic heterocycles. The lowest BCUT2D eigenvalue weighted by Crippen LogP contribution is -2.61. The lowest BCUT2D eigenvalue weighted by atomic mass is 9.99. The fourth-order valence-electron chi connectivity index (χ4n) is 5.45. The van der Waals surface area contributed by atoms with E-state index < -0.39 is 0 Å². The first-order valence-corrected chi connectivity index (χ1v) is 8.85. The van der Waals surface area contributed by atoms with Gasteiger partial charge in [0, 0.05) is 44.8 Å². The van der Waals surface area contributed by atoms with Gasteiger partial charge in [0.15, 0.2) is 0 Å². The topological polar surface area (TPSA) is 9.72 Å². The zero-order valence-electron chi connectivity index (χ0n) is 13.3. The monoisotopic (exact) mass is 277 g/mol. The molecule has 3 heteroatoms. The number of likely N-dealkylation sites (tertiary alicyclic amines) is 3. The highest BCUT2D eigenvalue weighted by Gasteiger charge is 2.42. The molecule has 4 fully saturated rings. The number of rotatable bonds is 2. The third-order valence-corrected chi connectivity index (χ3v) is 6.52. The van der Waals surface area contributed by atoms with E-state index in [4.69, 9.17) is 0 Å². The standard InChI is InChI=1S/C17H31N3/c1-13-6-14-8-20(9-15(14)7-13)16-4-3-5-19(12-16)17-10-18(2)11-17/h13-17H,3-12H2,1-2H3. The highest BCUT2D eigenvalue weighted by atomic mass is 15.3. The highest BCUT2D eigenvalue weighted by molar-refractivity contribution is 4.96. The van der Waals surface area contributed by atoms with Gasteiger partial charge < -0.3 is 4.90 Å². The van der Waals surface area contributed by atoms with Crippen molar-refractivity contribution in [2.24, 2.45) is 17.8 Å². The van der Waals surface area contributed by atoms with Crippen LogP contribution in [-0.4, -0.2) is 73.1 Å². The average molecular weight is 277 g/mol. The lowest BCUT2D eigenvalue weighted by molar-refractivity contribution is 0.0108. The molecule has 4 rings (SSSR count). The van der Waals surface area contributed by atoms with Gasteiger partial charge >= 0.3 is 0 Å². The normalized spacial score (nSPS) is 44.7. The van der Waals surface area contributed by atoms with Crippen molar-refractivity contribution in [3.05, 3.63) is 0 Å². The summed E-state index contributed by atoms with van der Waals surface area (Å²) >= 11 is 0. The van der Waals surface area contributed by atoms with Crippen LogP contribution in [0.25, 0.3) is 0 Å². The Kier molecular flexibility index (Phi) is 3.56. The second-order valence-corrected chi connectivity index (χ2v) is 8.22. The number of piperidine rings is 1. The van der Waals surface area contributed by atoms with E-state index >= 15 is 0 Å². The Bertz CT molecular complexity index is 338. The van der Waals surface area contributed by atoms with Gasteiger partial charge in [0.25, 0.3) is 0 Å². The number of hydrogen-bond acceptors (Lipinski definition) is 3. The van der Waals surface area contributed by atoms with Gasteiger partial charge in [-0.05, 0) is 57.0 Å². The minimum absolute atomic E-state index is 0.866. The van der Waals surface area contributed by atoms with E-state index in [1.807, 2.05) is 0 Å². The van der Waals surface area contributed by atoms with Gasteiger partial charge in [-0.25, -0.2) is 0 Å². The highest BCUT2D eigenvalue weighted by Crippen LogP contribution is 2.42. The Hall–Kier alpha value is -0.120. The van der Waals surface area contributed by atoms with E-state index in [2.05, 4.69) is 28.7 Å². The summed E-state index contributed by atoms with van der Waals surface area (Å²) in [6, 6.07) is 1.74. The van der Waals surface area contributed by atoms with Crippen LogP contribution in [0.1, 0.15) is 32.6 Å². The molecule has 3 unspecified atom stereocenters. The van der Waals surface area contributed by atoms with E-state index in [1.165, 1.54) is 65.0 Å². The summed E-state index contributed by atoms with van der Waals surface area (Å²) in [6.45, 7) is 10.6. The number of hydrogen-bond donors (Lipinski definition) is 0. The van der Waals surface area contributed by atoms with Crippen molar-refractivity contribution >= 4 is 0 Å². The maximum absolute atomic E-state index is 2.87. The number of nitrogens with zero attached hydrogens (tertiary/aromatic N) is 3. The van der Waals surface area contributed by atoms with Crippen LogP contribution in [0, 0.1) is 17.8 Å². The first-order valence-electron chi connectivity index (χ1n) is 8.85. The van der Waals surface area contributed by atoms with Crippen LogP contribution >= 0.6 is 0 Å². The third kappa shape index (κ3) is 2.42. The molecular formula is C17H31N3. The van der Waals surface area contributed by atoms with Gasteiger partial charge in [0.05, 0.1) is 0 Å². The molecule has 0 aromatic rings. The predicted molar refractivity (Wildman–Crippen MR) is 82.8 cm³/mol. The predicted octanol–water partition coefficient (Wildman–Crippen LogP) is 1.74. The molecule has 3 atom stereocenters. The van der Waals surface area contributed by atoms with Crippen LogP contribution in [-0.2, 0) is 0 Å². The first-order chi connectivity index (χ1) is 9.69. The second-order valence-electron chi connectivity index (χ2n) is 8.22. The summed E-state index contributed by atoms with van der Waals surface area (Å²) in [5.41, 5.74) is 0. The van der Waals surface area contributed by atoms with Crippen LogP contribution in [0.4, 0.5) is 0 Å². The van der Waals surface area contributed by atoms with Crippen molar-refractivity contribution in [1.29, 1.82) is 0 Å². The molecule has 3 heterocycles. The molecule has 0 spiro atoms. The summed E-state index contributed by atoms with van der Waals surface area (Å²) in [4.78, 5) is 8.12. The second kappa shape index (κ2) is 5.26. The van der Waals surface area contributed by atoms with Gasteiger partial charge in [-0.3, -0.25) is 9.80 Å². The minimum atomic E-state index is 0.866. The van der Waals surface area contributed by atoms with Crippen molar-refractivity contribution in [3.8, 4) is 0 Å². The minimum Gasteiger partial charge on any atom is -0.303 e. The zero-order chi connectivity index (χ0) is 13.7. The Morgan fingerprint density at radius 1 is 0.800 bits per heavy atom. The van der Waals surface area contributed by atoms with Gasteiger partial charge in [-0.2, -0.15) is 0 Å². The molecule has 20 heavy (non-hydrogen) atoms. The molecule has 114 valence electrons. The average Bonchev–Trinajstić information content (AvgIpc) is 2.92. The molecule has 3 aliphatic heterocycles. The van der Waals surface area contributed by atoms with Crippen molar-refractivity contribution in [3.63, 3.8) is 0 Å². The molecular weight excluding hydrogens is 246 g/mol. The van der Waals surface area contributed by atoms with Crippen LogP contribution in [0.3, 0.4) is 0 Å². The van der Waals surface area contributed by atoms with Crippen LogP contribution in [0.5, 0.6) is 0 Å². The number of fused-ring (bicyclic) bond motifs is 1. The molecule has 1 aliphatic carbocycles. The van der Waals surface area contributed by atoms with Crippen LogP contribution in [0.15, 0.2) is 0 Å². The smallest absolute Gasteiger partial charge is 0.0350 e. The summed E-state index contributed by atoms with van der Waals surface area (Å²) in [7, 11) is 2.25. The number of likely N-dealkylation sites (N-methyl/N-ethyl adjacent to an activating group) is 1. The van der Waals surface area contributed by atoms with Crippen molar-refractivity contribution in [2.45, 2.75) is 44.7 Å². The molecule has 0 radical (unpaired) electrons. The molecule has 0 bridgehead atoms. The Labute approximate surface area is 124 Å². The third-order valence-electron chi connectivity index (χ3n) is 6.52. The van der Waals surface area contributed by atoms with Gasteiger partial charge in [-0.15, -0.1) is 0 Å². The fourth-order valence-corrected chi connectivity index (χ4v) is 5.45. The maximum atomic E-state index is 2.87. The Balaban J connectivity index is 1.33. The van der Waals surface area contributed by atoms with E-state index in [9.17, 15) is 0 Å². The summed E-state index contributed by atoms with van der Waals surface area (Å²) in [5.74, 6) is 3.07. The quantitative estimate of drug-likeness (QED) is 0.761. The first kappa shape index (κ1) is 13.5. The van der Waals surface area contributed by atoms with E-state index in [0.717, 1.165) is 29.8 Å². The maximum Gasteiger partial charge on any atom is 0.0350 e. The molecule has 4 aliphatic rings. The van der Waals surface area contributed by atoms with Gasteiger partial charge in [0.2, 0.25) is 0 Å². The van der Waals surface area contributed by atoms with Crippen molar-refractivity contribution in [2.75, 3.05) is 46.3 Å². The Morgan fingerprint density at radius 3 is 2.15 bits per heavy atom. The molecule has 0 amide bonds. The van der Waals surface area contributed by atoms with Crippen molar-refractivity contribution < 1.29 is 0 Å². The SMILES string of the molecule is CC1CC2CN(C3CCCN(C4CN(C)C4)C3)CC2C1. The van der Waals surface area contributed by atoms with Gasteiger partial charge in [-0.1, -0.05) is 6.92 Å². The fraction of sp³-hybridized carbons (Fsp3) is 1.00. The molecule has 3 nitrogen and oxygen atoms in total. The summed E-state index contributed by atoms with van der Waals surface area (Å²) < 4.78 is 0. The molecule has 0 N–H and O–H groups in total. The molecule has 1 saturated carbocycles. The Morgan fingerprint density at radius 2 is 1.50 bits per heavy atom. The lowest BCUT2D eigenvalue weighted by Gasteiger charge is -2.48. The van der Waals surface area contributed by atoms with E-state index in [-0.39, 0.29) is 0 Å².